The standard InChI is InChI=1S/C18H21N5O2S3/c1-2-3-8-14(24)20-16-21-22-18(28-16)26-10-11-9-15(25)23-12-6-4-5-7-13(12)27-17(23)19-11/h9H,2-8,10H2,1H3,(H,20,21,24). The largest absolute Gasteiger partial charge is 0.301 e. The molecule has 0 aliphatic heterocycles. The maximum atomic E-state index is 12.6. The molecule has 0 fully saturated rings. The molecule has 28 heavy (non-hydrogen) atoms. The molecule has 1 aliphatic carbocycles. The molecular formula is C18H21N5O2S3. The third-order valence-corrected chi connectivity index (χ3v) is 7.72. The summed E-state index contributed by atoms with van der Waals surface area (Å²) in [6.07, 6.45) is 6.67. The Hall–Kier alpha value is -1.78. The number of nitrogens with zero attached hydrogens (tertiary/aromatic N) is 4. The Kier molecular flexibility index (Phi) is 6.07. The Morgan fingerprint density at radius 1 is 1.29 bits per heavy atom. The summed E-state index contributed by atoms with van der Waals surface area (Å²) in [6.45, 7) is 2.05. The highest BCUT2D eigenvalue weighted by Crippen LogP contribution is 2.30. The lowest BCUT2D eigenvalue weighted by Gasteiger charge is -2.09. The highest BCUT2D eigenvalue weighted by molar-refractivity contribution is 8.00. The summed E-state index contributed by atoms with van der Waals surface area (Å²) < 4.78 is 2.53. The van der Waals surface area contributed by atoms with Gasteiger partial charge in [0.25, 0.3) is 5.56 Å². The van der Waals surface area contributed by atoms with Crippen molar-refractivity contribution in [3.63, 3.8) is 0 Å². The number of nitrogens with one attached hydrogen (secondary N) is 1. The molecule has 10 heteroatoms. The molecule has 1 N–H and O–H groups in total. The van der Waals surface area contributed by atoms with E-state index in [2.05, 4.69) is 22.4 Å². The topological polar surface area (TPSA) is 89.2 Å². The Balaban J connectivity index is 1.43. The van der Waals surface area contributed by atoms with E-state index in [9.17, 15) is 9.59 Å². The van der Waals surface area contributed by atoms with Crippen LogP contribution in [0, 0.1) is 0 Å². The number of carbonyl (C=O) groups is 1. The smallest absolute Gasteiger partial charge is 0.259 e. The summed E-state index contributed by atoms with van der Waals surface area (Å²) in [4.78, 5) is 31.2. The van der Waals surface area contributed by atoms with Gasteiger partial charge in [-0.3, -0.25) is 14.0 Å². The first-order valence-electron chi connectivity index (χ1n) is 9.43. The molecule has 0 atom stereocenters. The molecule has 0 radical (unpaired) electrons. The van der Waals surface area contributed by atoms with Crippen LogP contribution in [0.3, 0.4) is 0 Å². The van der Waals surface area contributed by atoms with Crippen molar-refractivity contribution in [2.75, 3.05) is 5.32 Å². The van der Waals surface area contributed by atoms with E-state index in [0.717, 1.165) is 52.8 Å². The monoisotopic (exact) mass is 435 g/mol. The van der Waals surface area contributed by atoms with Gasteiger partial charge in [-0.25, -0.2) is 4.98 Å². The van der Waals surface area contributed by atoms with Gasteiger partial charge in [0.2, 0.25) is 11.0 Å². The van der Waals surface area contributed by atoms with E-state index in [4.69, 9.17) is 4.98 Å². The van der Waals surface area contributed by atoms with E-state index < -0.39 is 0 Å². The van der Waals surface area contributed by atoms with Crippen LogP contribution in [-0.2, 0) is 23.4 Å². The quantitative estimate of drug-likeness (QED) is 0.447. The summed E-state index contributed by atoms with van der Waals surface area (Å²) in [5, 5.41) is 11.4. The summed E-state index contributed by atoms with van der Waals surface area (Å²) in [6, 6.07) is 1.62. The van der Waals surface area contributed by atoms with Gasteiger partial charge in [-0.05, 0) is 32.1 Å². The average molecular weight is 436 g/mol. The first-order valence-corrected chi connectivity index (χ1v) is 12.1. The van der Waals surface area contributed by atoms with Crippen molar-refractivity contribution in [3.05, 3.63) is 32.7 Å². The van der Waals surface area contributed by atoms with Gasteiger partial charge in [0.1, 0.15) is 0 Å². The maximum absolute atomic E-state index is 12.6. The van der Waals surface area contributed by atoms with Crippen molar-refractivity contribution in [2.24, 2.45) is 0 Å². The second kappa shape index (κ2) is 8.71. The zero-order chi connectivity index (χ0) is 19.5. The van der Waals surface area contributed by atoms with Crippen LogP contribution in [-0.4, -0.2) is 25.5 Å². The number of unbranched alkanes of at least 4 members (excludes halogenated alkanes) is 1. The first kappa shape index (κ1) is 19.5. The summed E-state index contributed by atoms with van der Waals surface area (Å²) in [7, 11) is 0. The van der Waals surface area contributed by atoms with Crippen LogP contribution in [0.4, 0.5) is 5.13 Å². The molecule has 1 aliphatic rings. The normalized spacial score (nSPS) is 13.6. The molecule has 0 spiro atoms. The van der Waals surface area contributed by atoms with Gasteiger partial charge in [0.15, 0.2) is 9.30 Å². The lowest BCUT2D eigenvalue weighted by atomic mass is 10.0. The predicted molar refractivity (Wildman–Crippen MR) is 114 cm³/mol. The Bertz CT molecular complexity index is 1060. The zero-order valence-electron chi connectivity index (χ0n) is 15.6. The van der Waals surface area contributed by atoms with Crippen LogP contribution in [0.15, 0.2) is 15.2 Å². The van der Waals surface area contributed by atoms with Crippen molar-refractivity contribution in [1.29, 1.82) is 0 Å². The van der Waals surface area contributed by atoms with E-state index in [1.165, 1.54) is 34.4 Å². The van der Waals surface area contributed by atoms with E-state index in [-0.39, 0.29) is 11.5 Å². The second-order valence-electron chi connectivity index (χ2n) is 6.70. The van der Waals surface area contributed by atoms with Gasteiger partial charge in [-0.2, -0.15) is 0 Å². The molecular weight excluding hydrogens is 414 g/mol. The third kappa shape index (κ3) is 4.28. The SMILES string of the molecule is CCCCC(=O)Nc1nnc(SCc2cc(=O)n3c4c(sc3n2)CCCC4)s1. The Morgan fingerprint density at radius 2 is 2.14 bits per heavy atom. The minimum atomic E-state index is -0.0312. The van der Waals surface area contributed by atoms with Gasteiger partial charge in [-0.1, -0.05) is 36.4 Å². The molecule has 7 nitrogen and oxygen atoms in total. The third-order valence-electron chi connectivity index (χ3n) is 4.57. The number of thioether (sulfide) groups is 1. The molecule has 0 saturated heterocycles. The van der Waals surface area contributed by atoms with Crippen LogP contribution >= 0.6 is 34.4 Å². The fourth-order valence-electron chi connectivity index (χ4n) is 3.19. The average Bonchev–Trinajstić information content (AvgIpc) is 3.28. The molecule has 1 amide bonds. The maximum Gasteiger partial charge on any atom is 0.259 e. The lowest BCUT2D eigenvalue weighted by Crippen LogP contribution is -2.17. The predicted octanol–water partition coefficient (Wildman–Crippen LogP) is 3.91. The fraction of sp³-hybridized carbons (Fsp3) is 0.500. The molecule has 148 valence electrons. The second-order valence-corrected chi connectivity index (χ2v) is 9.96. The highest BCUT2D eigenvalue weighted by atomic mass is 32.2. The molecule has 4 rings (SSSR count). The number of amides is 1. The number of aromatic nitrogens is 4. The number of anilines is 1. The molecule has 0 saturated carbocycles. The van der Waals surface area contributed by atoms with Gasteiger partial charge < -0.3 is 5.32 Å². The number of aryl methyl sites for hydroxylation is 2. The van der Waals surface area contributed by atoms with Crippen LogP contribution in [0.25, 0.3) is 4.96 Å². The van der Waals surface area contributed by atoms with E-state index >= 15 is 0 Å². The minimum Gasteiger partial charge on any atom is -0.301 e. The highest BCUT2D eigenvalue weighted by Gasteiger charge is 2.18. The molecule has 0 aromatic carbocycles. The van der Waals surface area contributed by atoms with E-state index in [1.54, 1.807) is 21.8 Å². The Labute approximate surface area is 174 Å². The van der Waals surface area contributed by atoms with Crippen LogP contribution in [0.5, 0.6) is 0 Å². The van der Waals surface area contributed by atoms with Crippen LogP contribution < -0.4 is 10.9 Å². The first-order chi connectivity index (χ1) is 13.6. The van der Waals surface area contributed by atoms with Crippen molar-refractivity contribution in [2.45, 2.75) is 62.0 Å². The van der Waals surface area contributed by atoms with Gasteiger partial charge in [0, 0.05) is 28.8 Å². The zero-order valence-corrected chi connectivity index (χ0v) is 18.0. The molecule has 0 unspecified atom stereocenters. The fourth-order valence-corrected chi connectivity index (χ4v) is 6.08. The van der Waals surface area contributed by atoms with Gasteiger partial charge >= 0.3 is 0 Å². The molecule has 3 heterocycles. The molecule has 3 aromatic heterocycles. The summed E-state index contributed by atoms with van der Waals surface area (Å²) >= 11 is 4.46. The van der Waals surface area contributed by atoms with Crippen molar-refractivity contribution in [3.8, 4) is 0 Å². The van der Waals surface area contributed by atoms with E-state index in [0.29, 0.717) is 17.3 Å². The number of fused-ring (bicyclic) bond motifs is 3. The van der Waals surface area contributed by atoms with E-state index in [1.807, 2.05) is 0 Å². The molecule has 0 bridgehead atoms. The lowest BCUT2D eigenvalue weighted by molar-refractivity contribution is -0.116. The number of hydrogen-bond acceptors (Lipinski definition) is 8. The summed E-state index contributed by atoms with van der Waals surface area (Å²) in [5.74, 6) is 0.517. The number of carbonyl (C=O) groups excluding carboxylic acids is 1. The van der Waals surface area contributed by atoms with Crippen molar-refractivity contribution < 1.29 is 4.79 Å². The number of hydrogen-bond donors (Lipinski definition) is 1. The van der Waals surface area contributed by atoms with Crippen LogP contribution in [0.1, 0.15) is 55.3 Å². The van der Waals surface area contributed by atoms with Crippen LogP contribution in [0.2, 0.25) is 0 Å². The van der Waals surface area contributed by atoms with Gasteiger partial charge in [0.05, 0.1) is 5.69 Å². The van der Waals surface area contributed by atoms with Crippen molar-refractivity contribution in [1.82, 2.24) is 19.6 Å². The number of thiazole rings is 1. The van der Waals surface area contributed by atoms with Crippen molar-refractivity contribution >= 4 is 50.4 Å². The Morgan fingerprint density at radius 3 is 3.00 bits per heavy atom. The summed E-state index contributed by atoms with van der Waals surface area (Å²) in [5.41, 5.74) is 1.90. The minimum absolute atomic E-state index is 0.00106. The number of rotatable bonds is 7. The molecule has 3 aromatic rings. The van der Waals surface area contributed by atoms with Gasteiger partial charge in [-0.15, -0.1) is 21.5 Å².